The van der Waals surface area contributed by atoms with E-state index in [0.29, 0.717) is 12.2 Å². The van der Waals surface area contributed by atoms with Crippen LogP contribution in [0.5, 0.6) is 0 Å². The fourth-order valence-electron chi connectivity index (χ4n) is 1.61. The maximum absolute atomic E-state index is 12.1. The Balaban J connectivity index is 3.13. The van der Waals surface area contributed by atoms with Gasteiger partial charge >= 0.3 is 0 Å². The van der Waals surface area contributed by atoms with Crippen LogP contribution in [0.15, 0.2) is 12.1 Å². The first kappa shape index (κ1) is 16.6. The Kier molecular flexibility index (Phi) is 4.92. The number of nitrogens with one attached hydrogen (secondary N) is 1. The fourth-order valence-corrected chi connectivity index (χ4v) is 1.61. The molecule has 1 aromatic rings. The van der Waals surface area contributed by atoms with Crippen molar-refractivity contribution in [1.29, 1.82) is 0 Å². The van der Waals surface area contributed by atoms with E-state index in [4.69, 9.17) is 5.11 Å². The van der Waals surface area contributed by atoms with E-state index in [1.165, 1.54) is 0 Å². The maximum atomic E-state index is 12.1. The normalized spacial score (nSPS) is 12.3. The van der Waals surface area contributed by atoms with E-state index in [0.717, 1.165) is 11.3 Å². The van der Waals surface area contributed by atoms with Gasteiger partial charge in [0, 0.05) is 23.1 Å². The van der Waals surface area contributed by atoms with Gasteiger partial charge in [-0.05, 0) is 24.1 Å². The van der Waals surface area contributed by atoms with Gasteiger partial charge in [0.25, 0.3) is 0 Å². The summed E-state index contributed by atoms with van der Waals surface area (Å²) in [6.45, 7) is 11.9. The molecular formula is C16H26N2O2. The van der Waals surface area contributed by atoms with Crippen LogP contribution in [0.1, 0.15) is 52.8 Å². The predicted molar refractivity (Wildman–Crippen MR) is 81.8 cm³/mol. The molecule has 0 saturated carbocycles. The van der Waals surface area contributed by atoms with Crippen molar-refractivity contribution in [2.24, 2.45) is 5.41 Å². The number of nitrogens with zero attached hydrogens (tertiary/aromatic N) is 1. The first-order valence-electron chi connectivity index (χ1n) is 6.98. The van der Waals surface area contributed by atoms with Gasteiger partial charge in [0.2, 0.25) is 5.91 Å². The average Bonchev–Trinajstić information content (AvgIpc) is 2.26. The number of aromatic nitrogens is 1. The molecule has 112 valence electrons. The van der Waals surface area contributed by atoms with Crippen molar-refractivity contribution in [2.45, 2.75) is 53.4 Å². The molecule has 1 rings (SSSR count). The molecule has 4 heteroatoms. The Morgan fingerprint density at radius 2 is 1.80 bits per heavy atom. The van der Waals surface area contributed by atoms with E-state index in [1.54, 1.807) is 0 Å². The Hall–Kier alpha value is -1.42. The molecule has 0 aliphatic carbocycles. The lowest BCUT2D eigenvalue weighted by Crippen LogP contribution is -2.28. The molecule has 2 N–H and O–H groups in total. The molecule has 0 aliphatic rings. The van der Waals surface area contributed by atoms with Crippen molar-refractivity contribution in [3.8, 4) is 0 Å². The second-order valence-electron chi connectivity index (χ2n) is 7.17. The van der Waals surface area contributed by atoms with E-state index >= 15 is 0 Å². The second-order valence-corrected chi connectivity index (χ2v) is 7.17. The van der Waals surface area contributed by atoms with Gasteiger partial charge in [-0.25, -0.2) is 4.98 Å². The highest BCUT2D eigenvalue weighted by Gasteiger charge is 2.23. The molecule has 0 spiro atoms. The zero-order valence-electron chi connectivity index (χ0n) is 13.4. The molecular weight excluding hydrogens is 252 g/mol. The number of hydrogen-bond acceptors (Lipinski definition) is 3. The smallest absolute Gasteiger partial charge is 0.230 e. The Morgan fingerprint density at radius 1 is 1.20 bits per heavy atom. The van der Waals surface area contributed by atoms with Crippen LogP contribution in [-0.2, 0) is 16.6 Å². The van der Waals surface area contributed by atoms with Crippen LogP contribution in [0.2, 0.25) is 0 Å². The number of amides is 1. The van der Waals surface area contributed by atoms with Crippen LogP contribution in [-0.4, -0.2) is 22.6 Å². The second kappa shape index (κ2) is 5.92. The third-order valence-electron chi connectivity index (χ3n) is 2.98. The minimum Gasteiger partial charge on any atom is -0.396 e. The summed E-state index contributed by atoms with van der Waals surface area (Å²) in [6, 6.07) is 3.82. The quantitative estimate of drug-likeness (QED) is 0.893. The van der Waals surface area contributed by atoms with E-state index in [1.807, 2.05) is 32.9 Å². The first-order chi connectivity index (χ1) is 9.04. The first-order valence-corrected chi connectivity index (χ1v) is 6.98. The molecule has 0 aromatic carbocycles. The van der Waals surface area contributed by atoms with Crippen LogP contribution >= 0.6 is 0 Å². The van der Waals surface area contributed by atoms with Gasteiger partial charge < -0.3 is 10.4 Å². The number of aliphatic hydroxyl groups excluding tert-OH is 1. The topological polar surface area (TPSA) is 62.2 Å². The van der Waals surface area contributed by atoms with Crippen molar-refractivity contribution in [2.75, 3.05) is 11.9 Å². The molecule has 0 fully saturated rings. The zero-order chi connectivity index (χ0) is 15.6. The highest BCUT2D eigenvalue weighted by atomic mass is 16.3. The summed E-state index contributed by atoms with van der Waals surface area (Å²) in [4.78, 5) is 16.6. The lowest BCUT2D eigenvalue weighted by Gasteiger charge is -2.22. The molecule has 1 aromatic heterocycles. The predicted octanol–water partition coefficient (Wildman–Crippen LogP) is 2.90. The summed E-state index contributed by atoms with van der Waals surface area (Å²) < 4.78 is 0. The maximum Gasteiger partial charge on any atom is 0.230 e. The third-order valence-corrected chi connectivity index (χ3v) is 2.98. The van der Waals surface area contributed by atoms with Gasteiger partial charge in [-0.2, -0.15) is 0 Å². The highest BCUT2D eigenvalue weighted by Crippen LogP contribution is 2.24. The molecule has 0 bridgehead atoms. The van der Waals surface area contributed by atoms with Crippen LogP contribution < -0.4 is 5.32 Å². The molecule has 20 heavy (non-hydrogen) atoms. The van der Waals surface area contributed by atoms with Gasteiger partial charge in [-0.1, -0.05) is 41.5 Å². The van der Waals surface area contributed by atoms with Crippen LogP contribution in [0.3, 0.4) is 0 Å². The largest absolute Gasteiger partial charge is 0.396 e. The highest BCUT2D eigenvalue weighted by molar-refractivity contribution is 5.93. The van der Waals surface area contributed by atoms with Gasteiger partial charge in [0.15, 0.2) is 0 Å². The SMILES string of the molecule is CC(C)(C)C(=O)Nc1cc(CCO)cc(C(C)(C)C)n1. The van der Waals surface area contributed by atoms with Crippen molar-refractivity contribution in [3.05, 3.63) is 23.4 Å². The number of aliphatic hydroxyl groups is 1. The zero-order valence-corrected chi connectivity index (χ0v) is 13.4. The number of hydrogen-bond donors (Lipinski definition) is 2. The minimum atomic E-state index is -0.462. The number of carbonyl (C=O) groups is 1. The van der Waals surface area contributed by atoms with Crippen LogP contribution in [0, 0.1) is 5.41 Å². The molecule has 4 nitrogen and oxygen atoms in total. The summed E-state index contributed by atoms with van der Waals surface area (Å²) in [7, 11) is 0. The van der Waals surface area contributed by atoms with E-state index in [2.05, 4.69) is 31.1 Å². The summed E-state index contributed by atoms with van der Waals surface area (Å²) >= 11 is 0. The van der Waals surface area contributed by atoms with Gasteiger partial charge in [0.05, 0.1) is 0 Å². The lowest BCUT2D eigenvalue weighted by atomic mass is 9.90. The molecule has 0 atom stereocenters. The van der Waals surface area contributed by atoms with E-state index in [-0.39, 0.29) is 17.9 Å². The number of anilines is 1. The van der Waals surface area contributed by atoms with Crippen molar-refractivity contribution in [3.63, 3.8) is 0 Å². The van der Waals surface area contributed by atoms with Gasteiger partial charge in [-0.3, -0.25) is 4.79 Å². The van der Waals surface area contributed by atoms with Crippen LogP contribution in [0.4, 0.5) is 5.82 Å². The van der Waals surface area contributed by atoms with E-state index in [9.17, 15) is 4.79 Å². The molecule has 0 saturated heterocycles. The number of rotatable bonds is 3. The average molecular weight is 278 g/mol. The van der Waals surface area contributed by atoms with Gasteiger partial charge in [-0.15, -0.1) is 0 Å². The van der Waals surface area contributed by atoms with Crippen molar-refractivity contribution in [1.82, 2.24) is 4.98 Å². The lowest BCUT2D eigenvalue weighted by molar-refractivity contribution is -0.123. The molecule has 0 radical (unpaired) electrons. The fraction of sp³-hybridized carbons (Fsp3) is 0.625. The van der Waals surface area contributed by atoms with Crippen molar-refractivity contribution < 1.29 is 9.90 Å². The Bertz CT molecular complexity index is 482. The molecule has 1 heterocycles. The standard InChI is InChI=1S/C16H26N2O2/c1-15(2,3)12-9-11(7-8-19)10-13(17-12)18-14(20)16(4,5)6/h9-10,19H,7-8H2,1-6H3,(H,17,18,20). The summed E-state index contributed by atoms with van der Waals surface area (Å²) in [5, 5.41) is 12.0. The van der Waals surface area contributed by atoms with Crippen molar-refractivity contribution >= 4 is 11.7 Å². The van der Waals surface area contributed by atoms with Crippen LogP contribution in [0.25, 0.3) is 0 Å². The summed E-state index contributed by atoms with van der Waals surface area (Å²) in [5.41, 5.74) is 1.33. The number of pyridine rings is 1. The Morgan fingerprint density at radius 3 is 2.25 bits per heavy atom. The monoisotopic (exact) mass is 278 g/mol. The molecule has 1 amide bonds. The summed E-state index contributed by atoms with van der Waals surface area (Å²) in [5.74, 6) is 0.492. The molecule has 0 unspecified atom stereocenters. The van der Waals surface area contributed by atoms with Gasteiger partial charge in [0.1, 0.15) is 5.82 Å². The third kappa shape index (κ3) is 4.60. The van der Waals surface area contributed by atoms with E-state index < -0.39 is 5.41 Å². The number of carbonyl (C=O) groups excluding carboxylic acids is 1. The summed E-state index contributed by atoms with van der Waals surface area (Å²) in [6.07, 6.45) is 0.560. The molecule has 0 aliphatic heterocycles. The Labute approximate surface area is 121 Å². The minimum absolute atomic E-state index is 0.0639.